The minimum absolute atomic E-state index is 0.148. The lowest BCUT2D eigenvalue weighted by Gasteiger charge is -2.25. The second kappa shape index (κ2) is 8.14. The van der Waals surface area contributed by atoms with Crippen LogP contribution in [0.4, 0.5) is 0 Å². The summed E-state index contributed by atoms with van der Waals surface area (Å²) in [6.07, 6.45) is 3.40. The van der Waals surface area contributed by atoms with Gasteiger partial charge in [0.2, 0.25) is 5.91 Å². The van der Waals surface area contributed by atoms with Crippen molar-refractivity contribution in [1.29, 1.82) is 0 Å². The fraction of sp³-hybridized carbons (Fsp3) is 0.174. The van der Waals surface area contributed by atoms with E-state index >= 15 is 0 Å². The number of nitrogens with one attached hydrogen (secondary N) is 1. The van der Waals surface area contributed by atoms with Crippen LogP contribution in [-0.2, 0) is 17.9 Å². The highest BCUT2D eigenvalue weighted by Gasteiger charge is 2.40. The summed E-state index contributed by atoms with van der Waals surface area (Å²) in [6.45, 7) is 0.669. The normalized spacial score (nSPS) is 15.1. The average molecular weight is 387 g/mol. The first-order valence-corrected chi connectivity index (χ1v) is 9.37. The maximum Gasteiger partial charge on any atom is 0.255 e. The first-order valence-electron chi connectivity index (χ1n) is 9.37. The van der Waals surface area contributed by atoms with Crippen LogP contribution < -0.4 is 10.1 Å². The molecule has 0 bridgehead atoms. The monoisotopic (exact) mass is 387 g/mol. The molecule has 2 heterocycles. The van der Waals surface area contributed by atoms with Gasteiger partial charge in [0, 0.05) is 31.0 Å². The number of ether oxygens (including phenoxy) is 1. The predicted molar refractivity (Wildman–Crippen MR) is 108 cm³/mol. The number of benzene rings is 2. The van der Waals surface area contributed by atoms with Gasteiger partial charge in [0.15, 0.2) is 0 Å². The maximum atomic E-state index is 13.1. The van der Waals surface area contributed by atoms with E-state index in [0.717, 1.165) is 16.7 Å². The largest absolute Gasteiger partial charge is 0.497 e. The Morgan fingerprint density at radius 3 is 2.72 bits per heavy atom. The zero-order valence-corrected chi connectivity index (χ0v) is 16.0. The minimum Gasteiger partial charge on any atom is -0.497 e. The molecule has 1 N–H and O–H groups in total. The molecule has 1 atom stereocenters. The van der Waals surface area contributed by atoms with Gasteiger partial charge in [-0.2, -0.15) is 0 Å². The second-order valence-electron chi connectivity index (χ2n) is 6.85. The molecular weight excluding hydrogens is 366 g/mol. The standard InChI is InChI=1S/C23H21N3O3/c1-29-18-8-4-6-16(12-18)15-26-21(19-9-2-3-10-20(19)23(26)28)22(27)25-14-17-7-5-11-24-13-17/h2-13,21H,14-15H2,1H3,(H,25,27)/t21-/m1/s1. The van der Waals surface area contributed by atoms with Crippen LogP contribution in [0.1, 0.15) is 33.1 Å². The molecule has 2 aromatic carbocycles. The van der Waals surface area contributed by atoms with E-state index in [1.165, 1.54) is 0 Å². The second-order valence-corrected chi connectivity index (χ2v) is 6.85. The van der Waals surface area contributed by atoms with Crippen molar-refractivity contribution >= 4 is 11.8 Å². The number of amides is 2. The van der Waals surface area contributed by atoms with Gasteiger partial charge in [0.05, 0.1) is 7.11 Å². The molecule has 0 radical (unpaired) electrons. The van der Waals surface area contributed by atoms with E-state index in [2.05, 4.69) is 10.3 Å². The summed E-state index contributed by atoms with van der Waals surface area (Å²) in [6, 6.07) is 17.8. The number of rotatable bonds is 6. The lowest BCUT2D eigenvalue weighted by atomic mass is 10.0. The minimum atomic E-state index is -0.679. The lowest BCUT2D eigenvalue weighted by Crippen LogP contribution is -2.38. The van der Waals surface area contributed by atoms with Crippen molar-refractivity contribution in [3.05, 3.63) is 95.3 Å². The number of hydrogen-bond donors (Lipinski definition) is 1. The molecule has 1 aliphatic heterocycles. The van der Waals surface area contributed by atoms with Gasteiger partial charge in [0.25, 0.3) is 5.91 Å². The molecule has 0 spiro atoms. The molecule has 4 rings (SSSR count). The van der Waals surface area contributed by atoms with Crippen molar-refractivity contribution in [2.45, 2.75) is 19.1 Å². The SMILES string of the molecule is COc1cccc(CN2C(=O)c3ccccc3[C@@H]2C(=O)NCc2cccnc2)c1. The molecule has 29 heavy (non-hydrogen) atoms. The fourth-order valence-corrected chi connectivity index (χ4v) is 3.57. The van der Waals surface area contributed by atoms with Crippen LogP contribution in [0.15, 0.2) is 73.1 Å². The average Bonchev–Trinajstić information content (AvgIpc) is 3.05. The third kappa shape index (κ3) is 3.82. The number of aromatic nitrogens is 1. The van der Waals surface area contributed by atoms with Gasteiger partial charge in [-0.15, -0.1) is 0 Å². The molecule has 3 aromatic rings. The third-order valence-corrected chi connectivity index (χ3v) is 4.98. The summed E-state index contributed by atoms with van der Waals surface area (Å²) in [7, 11) is 1.60. The van der Waals surface area contributed by atoms with Crippen LogP contribution in [-0.4, -0.2) is 28.8 Å². The van der Waals surface area contributed by atoms with Gasteiger partial charge in [-0.3, -0.25) is 14.6 Å². The van der Waals surface area contributed by atoms with Gasteiger partial charge < -0.3 is 15.0 Å². The summed E-state index contributed by atoms with van der Waals surface area (Å²) < 4.78 is 5.28. The van der Waals surface area contributed by atoms with Crippen molar-refractivity contribution < 1.29 is 14.3 Å². The van der Waals surface area contributed by atoms with Crippen molar-refractivity contribution in [3.63, 3.8) is 0 Å². The van der Waals surface area contributed by atoms with Crippen LogP contribution in [0, 0.1) is 0 Å². The summed E-state index contributed by atoms with van der Waals surface area (Å²) in [5.41, 5.74) is 3.09. The van der Waals surface area contributed by atoms with Gasteiger partial charge in [0.1, 0.15) is 11.8 Å². The fourth-order valence-electron chi connectivity index (χ4n) is 3.57. The number of carbonyl (C=O) groups is 2. The highest BCUT2D eigenvalue weighted by molar-refractivity contribution is 6.04. The van der Waals surface area contributed by atoms with Gasteiger partial charge in [-0.25, -0.2) is 0 Å². The first kappa shape index (κ1) is 18.7. The van der Waals surface area contributed by atoms with Crippen molar-refractivity contribution in [1.82, 2.24) is 15.2 Å². The van der Waals surface area contributed by atoms with Crippen LogP contribution in [0.5, 0.6) is 5.75 Å². The third-order valence-electron chi connectivity index (χ3n) is 4.98. The quantitative estimate of drug-likeness (QED) is 0.706. The van der Waals surface area contributed by atoms with Crippen LogP contribution >= 0.6 is 0 Å². The molecule has 0 aliphatic carbocycles. The summed E-state index contributed by atoms with van der Waals surface area (Å²) in [5.74, 6) is 0.351. The molecule has 0 saturated carbocycles. The van der Waals surface area contributed by atoms with Crippen molar-refractivity contribution in [2.75, 3.05) is 7.11 Å². The number of pyridine rings is 1. The zero-order chi connectivity index (χ0) is 20.2. The van der Waals surface area contributed by atoms with Gasteiger partial charge in [-0.1, -0.05) is 36.4 Å². The van der Waals surface area contributed by atoms with E-state index in [-0.39, 0.29) is 11.8 Å². The molecule has 6 nitrogen and oxygen atoms in total. The maximum absolute atomic E-state index is 13.1. The highest BCUT2D eigenvalue weighted by atomic mass is 16.5. The molecule has 6 heteroatoms. The van der Waals surface area contributed by atoms with E-state index in [4.69, 9.17) is 4.74 Å². The van der Waals surface area contributed by atoms with Crippen molar-refractivity contribution in [2.24, 2.45) is 0 Å². The Morgan fingerprint density at radius 1 is 1.10 bits per heavy atom. The molecule has 1 aliphatic rings. The van der Waals surface area contributed by atoms with Crippen LogP contribution in [0.2, 0.25) is 0 Å². The van der Waals surface area contributed by atoms with E-state index in [1.54, 1.807) is 30.5 Å². The Morgan fingerprint density at radius 2 is 1.93 bits per heavy atom. The molecule has 146 valence electrons. The molecule has 0 saturated heterocycles. The number of fused-ring (bicyclic) bond motifs is 1. The van der Waals surface area contributed by atoms with Crippen molar-refractivity contribution in [3.8, 4) is 5.75 Å². The van der Waals surface area contributed by atoms with E-state index < -0.39 is 6.04 Å². The summed E-state index contributed by atoms with van der Waals surface area (Å²) >= 11 is 0. The first-order chi connectivity index (χ1) is 14.2. The zero-order valence-electron chi connectivity index (χ0n) is 16.0. The van der Waals surface area contributed by atoms with Gasteiger partial charge >= 0.3 is 0 Å². The number of carbonyl (C=O) groups excluding carboxylic acids is 2. The number of hydrogen-bond acceptors (Lipinski definition) is 4. The summed E-state index contributed by atoms with van der Waals surface area (Å²) in [5, 5.41) is 2.94. The lowest BCUT2D eigenvalue weighted by molar-refractivity contribution is -0.125. The van der Waals surface area contributed by atoms with Crippen LogP contribution in [0.3, 0.4) is 0 Å². The highest BCUT2D eigenvalue weighted by Crippen LogP contribution is 2.35. The number of methoxy groups -OCH3 is 1. The number of nitrogens with zero attached hydrogens (tertiary/aromatic N) is 2. The molecule has 2 amide bonds. The smallest absolute Gasteiger partial charge is 0.255 e. The van der Waals surface area contributed by atoms with E-state index in [1.807, 2.05) is 54.6 Å². The van der Waals surface area contributed by atoms with E-state index in [0.29, 0.717) is 24.4 Å². The van der Waals surface area contributed by atoms with Gasteiger partial charge in [-0.05, 0) is 41.0 Å². The molecule has 1 aromatic heterocycles. The predicted octanol–water partition coefficient (Wildman–Crippen LogP) is 3.10. The van der Waals surface area contributed by atoms with Crippen LogP contribution in [0.25, 0.3) is 0 Å². The Bertz CT molecular complexity index is 1040. The Kier molecular flexibility index (Phi) is 5.24. The Balaban J connectivity index is 1.60. The molecule has 0 unspecified atom stereocenters. The Labute approximate surface area is 169 Å². The van der Waals surface area contributed by atoms with E-state index in [9.17, 15) is 9.59 Å². The molecule has 0 fully saturated rings. The summed E-state index contributed by atoms with van der Waals surface area (Å²) in [4.78, 5) is 31.8. The molecular formula is C23H21N3O3. The Hall–Kier alpha value is -3.67. The topological polar surface area (TPSA) is 71.5 Å².